The van der Waals surface area contributed by atoms with Crippen LogP contribution in [0.25, 0.3) is 0 Å². The van der Waals surface area contributed by atoms with Crippen molar-refractivity contribution in [1.82, 2.24) is 10.6 Å². The normalized spacial score (nSPS) is 20.8. The summed E-state index contributed by atoms with van der Waals surface area (Å²) in [4.78, 5) is 38.7. The summed E-state index contributed by atoms with van der Waals surface area (Å²) >= 11 is 0. The number of rotatable bonds is 12. The highest BCUT2D eigenvalue weighted by molar-refractivity contribution is 5.98. The molecular formula is C24H37N3O4. The van der Waals surface area contributed by atoms with Gasteiger partial charge in [0, 0.05) is 6.42 Å². The Morgan fingerprint density at radius 1 is 0.968 bits per heavy atom. The second-order valence-corrected chi connectivity index (χ2v) is 9.56. The number of epoxide rings is 1. The molecule has 0 bridgehead atoms. The van der Waals surface area contributed by atoms with Gasteiger partial charge in [-0.2, -0.15) is 0 Å². The summed E-state index contributed by atoms with van der Waals surface area (Å²) in [5, 5.41) is 5.68. The smallest absolute Gasteiger partial charge is 0.243 e. The highest BCUT2D eigenvalue weighted by Gasteiger charge is 2.50. The minimum Gasteiger partial charge on any atom is -0.361 e. The van der Waals surface area contributed by atoms with E-state index in [0.717, 1.165) is 5.56 Å². The van der Waals surface area contributed by atoms with Gasteiger partial charge in [0.1, 0.15) is 11.6 Å². The molecule has 1 aliphatic rings. The molecule has 1 saturated heterocycles. The number of hydrogen-bond donors (Lipinski definition) is 3. The summed E-state index contributed by atoms with van der Waals surface area (Å²) < 4.78 is 5.30. The van der Waals surface area contributed by atoms with Crippen molar-refractivity contribution in [3.63, 3.8) is 0 Å². The number of carbonyl (C=O) groups excluding carboxylic acids is 3. The lowest BCUT2D eigenvalue weighted by Gasteiger charge is -2.26. The second-order valence-electron chi connectivity index (χ2n) is 9.56. The van der Waals surface area contributed by atoms with Crippen LogP contribution in [0.3, 0.4) is 0 Å². The van der Waals surface area contributed by atoms with Crippen LogP contribution in [0.15, 0.2) is 30.3 Å². The predicted molar refractivity (Wildman–Crippen MR) is 120 cm³/mol. The molecule has 2 rings (SSSR count). The van der Waals surface area contributed by atoms with Crippen LogP contribution in [-0.2, 0) is 25.5 Å². The number of ether oxygens (including phenoxy) is 1. The van der Waals surface area contributed by atoms with E-state index in [-0.39, 0.29) is 23.5 Å². The Labute approximate surface area is 185 Å². The van der Waals surface area contributed by atoms with Crippen molar-refractivity contribution in [1.29, 1.82) is 0 Å². The number of Topliss-reactive ketones (excluding diaryl/α,β-unsaturated/α-hetero) is 1. The number of benzene rings is 1. The summed E-state index contributed by atoms with van der Waals surface area (Å²) in [5.41, 5.74) is 6.10. The first-order valence-electron chi connectivity index (χ1n) is 11.1. The molecule has 4 N–H and O–H groups in total. The fourth-order valence-electron chi connectivity index (χ4n) is 3.55. The average molecular weight is 432 g/mol. The number of amides is 2. The first kappa shape index (κ1) is 25.0. The Morgan fingerprint density at radius 2 is 1.52 bits per heavy atom. The van der Waals surface area contributed by atoms with E-state index >= 15 is 0 Å². The quantitative estimate of drug-likeness (QED) is 0.438. The van der Waals surface area contributed by atoms with Gasteiger partial charge < -0.3 is 21.1 Å². The van der Waals surface area contributed by atoms with Crippen molar-refractivity contribution in [3.8, 4) is 0 Å². The summed E-state index contributed by atoms with van der Waals surface area (Å²) in [5.74, 6) is -0.422. The third-order valence-corrected chi connectivity index (χ3v) is 5.42. The third-order valence-electron chi connectivity index (χ3n) is 5.42. The number of carbonyl (C=O) groups is 3. The van der Waals surface area contributed by atoms with E-state index in [9.17, 15) is 14.4 Å². The standard InChI is InChI=1S/C24H37N3O4/c1-15(2)11-18(25)22(29)27-20(13-17-9-7-6-8-10-17)23(30)26-19(12-16(3)4)21(28)24(5)14-31-24/h6-10,15-16,18-20H,11-14,25H2,1-5H3,(H,26,30)(H,27,29)/t18?,19?,20-,24+/m0/s1. The molecule has 7 nitrogen and oxygen atoms in total. The number of hydrogen-bond acceptors (Lipinski definition) is 5. The minimum absolute atomic E-state index is 0.129. The molecule has 0 saturated carbocycles. The van der Waals surface area contributed by atoms with Crippen molar-refractivity contribution in [2.24, 2.45) is 17.6 Å². The zero-order valence-electron chi connectivity index (χ0n) is 19.3. The van der Waals surface area contributed by atoms with Gasteiger partial charge in [-0.1, -0.05) is 58.0 Å². The molecular weight excluding hydrogens is 394 g/mol. The van der Waals surface area contributed by atoms with Gasteiger partial charge in [-0.3, -0.25) is 14.4 Å². The summed E-state index contributed by atoms with van der Waals surface area (Å²) in [7, 11) is 0. The van der Waals surface area contributed by atoms with E-state index in [1.165, 1.54) is 0 Å². The van der Waals surface area contributed by atoms with E-state index < -0.39 is 29.6 Å². The van der Waals surface area contributed by atoms with Crippen LogP contribution in [0.5, 0.6) is 0 Å². The lowest BCUT2D eigenvalue weighted by Crippen LogP contribution is -2.56. The molecule has 172 valence electrons. The number of nitrogens with one attached hydrogen (secondary N) is 2. The van der Waals surface area contributed by atoms with Gasteiger partial charge in [-0.25, -0.2) is 0 Å². The molecule has 1 fully saturated rings. The topological polar surface area (TPSA) is 114 Å². The van der Waals surface area contributed by atoms with E-state index in [2.05, 4.69) is 10.6 Å². The summed E-state index contributed by atoms with van der Waals surface area (Å²) in [6.45, 7) is 10.1. The maximum atomic E-state index is 13.2. The zero-order chi connectivity index (χ0) is 23.2. The first-order valence-corrected chi connectivity index (χ1v) is 11.1. The zero-order valence-corrected chi connectivity index (χ0v) is 19.3. The van der Waals surface area contributed by atoms with Crippen molar-refractivity contribution in [2.45, 2.75) is 77.6 Å². The third kappa shape index (κ3) is 7.74. The van der Waals surface area contributed by atoms with Crippen LogP contribution >= 0.6 is 0 Å². The van der Waals surface area contributed by atoms with E-state index in [1.54, 1.807) is 6.92 Å². The Balaban J connectivity index is 2.16. The van der Waals surface area contributed by atoms with Crippen LogP contribution in [0, 0.1) is 11.8 Å². The Kier molecular flexibility index (Phi) is 8.77. The van der Waals surface area contributed by atoms with Crippen molar-refractivity contribution in [2.75, 3.05) is 6.61 Å². The van der Waals surface area contributed by atoms with Gasteiger partial charge in [-0.05, 0) is 37.2 Å². The van der Waals surface area contributed by atoms with Crippen LogP contribution in [0.2, 0.25) is 0 Å². The first-order chi connectivity index (χ1) is 14.5. The molecule has 0 aliphatic carbocycles. The lowest BCUT2D eigenvalue weighted by atomic mass is 9.93. The molecule has 4 atom stereocenters. The highest BCUT2D eigenvalue weighted by Crippen LogP contribution is 2.29. The molecule has 1 aromatic rings. The lowest BCUT2D eigenvalue weighted by molar-refractivity contribution is -0.133. The molecule has 1 aromatic carbocycles. The van der Waals surface area contributed by atoms with Crippen LogP contribution in [-0.4, -0.2) is 47.9 Å². The second kappa shape index (κ2) is 10.9. The highest BCUT2D eigenvalue weighted by atomic mass is 16.6. The van der Waals surface area contributed by atoms with Crippen molar-refractivity contribution < 1.29 is 19.1 Å². The van der Waals surface area contributed by atoms with Crippen LogP contribution in [0.1, 0.15) is 53.0 Å². The molecule has 2 unspecified atom stereocenters. The monoisotopic (exact) mass is 431 g/mol. The average Bonchev–Trinajstić information content (AvgIpc) is 3.44. The molecule has 31 heavy (non-hydrogen) atoms. The van der Waals surface area contributed by atoms with Gasteiger partial charge >= 0.3 is 0 Å². The SMILES string of the molecule is CC(C)CC(N)C(=O)N[C@@H](Cc1ccccc1)C(=O)NC(CC(C)C)C(=O)[C@@]1(C)CO1. The van der Waals surface area contributed by atoms with Crippen molar-refractivity contribution >= 4 is 17.6 Å². The van der Waals surface area contributed by atoms with Gasteiger partial charge in [0.15, 0.2) is 5.78 Å². The summed E-state index contributed by atoms with van der Waals surface area (Å²) in [6, 6.07) is 7.26. The maximum Gasteiger partial charge on any atom is 0.243 e. The molecule has 0 radical (unpaired) electrons. The molecule has 7 heteroatoms. The van der Waals surface area contributed by atoms with Gasteiger partial charge in [-0.15, -0.1) is 0 Å². The van der Waals surface area contributed by atoms with Crippen LogP contribution < -0.4 is 16.4 Å². The van der Waals surface area contributed by atoms with Gasteiger partial charge in [0.05, 0.1) is 18.7 Å². The Hall–Kier alpha value is -2.25. The molecule has 0 spiro atoms. The van der Waals surface area contributed by atoms with E-state index in [1.807, 2.05) is 58.0 Å². The molecule has 1 heterocycles. The van der Waals surface area contributed by atoms with Gasteiger partial charge in [0.25, 0.3) is 0 Å². The minimum atomic E-state index is -0.830. The predicted octanol–water partition coefficient (Wildman–Crippen LogP) is 1.98. The summed E-state index contributed by atoms with van der Waals surface area (Å²) in [6.07, 6.45) is 1.33. The Bertz CT molecular complexity index is 759. The van der Waals surface area contributed by atoms with Crippen molar-refractivity contribution in [3.05, 3.63) is 35.9 Å². The fraction of sp³-hybridized carbons (Fsp3) is 0.625. The van der Waals surface area contributed by atoms with Gasteiger partial charge in [0.2, 0.25) is 11.8 Å². The molecule has 1 aliphatic heterocycles. The fourth-order valence-corrected chi connectivity index (χ4v) is 3.55. The van der Waals surface area contributed by atoms with E-state index in [0.29, 0.717) is 25.9 Å². The maximum absolute atomic E-state index is 13.2. The Morgan fingerprint density at radius 3 is 2.03 bits per heavy atom. The van der Waals surface area contributed by atoms with Crippen LogP contribution in [0.4, 0.5) is 0 Å². The molecule has 0 aromatic heterocycles. The number of ketones is 1. The molecule has 2 amide bonds. The largest absolute Gasteiger partial charge is 0.361 e. The van der Waals surface area contributed by atoms with E-state index in [4.69, 9.17) is 10.5 Å². The number of nitrogens with two attached hydrogens (primary N) is 1.